The number of halogens is 1. The standard InChI is InChI=1S/C23H21FN2O4/c1-16(30-21-13-11-19(24)12-14-21)22(27)25-26-23(28)18-9-7-17(8-10-18)15-29-20-5-3-2-4-6-20/h2-14,16H,15H2,1H3,(H,25,27)(H,26,28). The van der Waals surface area contributed by atoms with Crippen LogP contribution in [-0.4, -0.2) is 17.9 Å². The van der Waals surface area contributed by atoms with E-state index in [2.05, 4.69) is 10.9 Å². The van der Waals surface area contributed by atoms with Crippen molar-refractivity contribution in [2.45, 2.75) is 19.6 Å². The van der Waals surface area contributed by atoms with Crippen LogP contribution in [0.4, 0.5) is 4.39 Å². The quantitative estimate of drug-likeness (QED) is 0.586. The van der Waals surface area contributed by atoms with Crippen molar-refractivity contribution in [3.63, 3.8) is 0 Å². The van der Waals surface area contributed by atoms with E-state index in [1.54, 1.807) is 24.3 Å². The van der Waals surface area contributed by atoms with Gasteiger partial charge in [-0.2, -0.15) is 0 Å². The Balaban J connectivity index is 1.45. The molecule has 0 aliphatic heterocycles. The zero-order chi connectivity index (χ0) is 21.3. The Hall–Kier alpha value is -3.87. The third-order valence-corrected chi connectivity index (χ3v) is 4.16. The van der Waals surface area contributed by atoms with Crippen LogP contribution in [0.3, 0.4) is 0 Å². The van der Waals surface area contributed by atoms with E-state index in [4.69, 9.17) is 9.47 Å². The van der Waals surface area contributed by atoms with Gasteiger partial charge in [-0.05, 0) is 61.0 Å². The molecule has 3 rings (SSSR count). The summed E-state index contributed by atoms with van der Waals surface area (Å²) in [6.45, 7) is 1.90. The molecule has 0 aromatic heterocycles. The highest BCUT2D eigenvalue weighted by molar-refractivity contribution is 5.95. The fraction of sp³-hybridized carbons (Fsp3) is 0.130. The molecule has 0 aliphatic rings. The summed E-state index contributed by atoms with van der Waals surface area (Å²) >= 11 is 0. The molecule has 0 radical (unpaired) electrons. The average molecular weight is 408 g/mol. The number of carbonyl (C=O) groups is 2. The number of hydrogen-bond acceptors (Lipinski definition) is 4. The third kappa shape index (κ3) is 6.07. The van der Waals surface area contributed by atoms with E-state index >= 15 is 0 Å². The molecule has 0 saturated heterocycles. The Morgan fingerprint density at radius 3 is 2.20 bits per heavy atom. The van der Waals surface area contributed by atoms with Crippen LogP contribution >= 0.6 is 0 Å². The Kier molecular flexibility index (Phi) is 7.00. The normalized spacial score (nSPS) is 11.3. The molecule has 154 valence electrons. The van der Waals surface area contributed by atoms with Gasteiger partial charge < -0.3 is 9.47 Å². The molecular formula is C23H21FN2O4. The summed E-state index contributed by atoms with van der Waals surface area (Å²) in [5, 5.41) is 0. The Morgan fingerprint density at radius 1 is 0.867 bits per heavy atom. The lowest BCUT2D eigenvalue weighted by Gasteiger charge is -2.15. The van der Waals surface area contributed by atoms with Crippen molar-refractivity contribution in [3.8, 4) is 11.5 Å². The molecule has 1 unspecified atom stereocenters. The average Bonchev–Trinajstić information content (AvgIpc) is 2.78. The Labute approximate surface area is 173 Å². The lowest BCUT2D eigenvalue weighted by Crippen LogP contribution is -2.47. The number of amides is 2. The van der Waals surface area contributed by atoms with E-state index in [-0.39, 0.29) is 0 Å². The largest absolute Gasteiger partial charge is 0.489 e. The second-order valence-electron chi connectivity index (χ2n) is 6.46. The van der Waals surface area contributed by atoms with Crippen molar-refractivity contribution in [1.82, 2.24) is 10.9 Å². The monoisotopic (exact) mass is 408 g/mol. The van der Waals surface area contributed by atoms with Crippen LogP contribution in [0.25, 0.3) is 0 Å². The molecule has 3 aromatic rings. The first-order valence-corrected chi connectivity index (χ1v) is 9.30. The van der Waals surface area contributed by atoms with Crippen molar-refractivity contribution in [3.05, 3.63) is 95.8 Å². The topological polar surface area (TPSA) is 76.7 Å². The summed E-state index contributed by atoms with van der Waals surface area (Å²) in [4.78, 5) is 24.3. The lowest BCUT2D eigenvalue weighted by molar-refractivity contribution is -0.128. The summed E-state index contributed by atoms with van der Waals surface area (Å²) in [5.41, 5.74) is 5.94. The fourth-order valence-electron chi connectivity index (χ4n) is 2.50. The van der Waals surface area contributed by atoms with Gasteiger partial charge in [0.1, 0.15) is 23.9 Å². The van der Waals surface area contributed by atoms with Crippen LogP contribution < -0.4 is 20.3 Å². The van der Waals surface area contributed by atoms with Gasteiger partial charge in [0.15, 0.2) is 6.10 Å². The van der Waals surface area contributed by atoms with Crippen LogP contribution in [0.5, 0.6) is 11.5 Å². The molecule has 0 heterocycles. The molecular weight excluding hydrogens is 387 g/mol. The van der Waals surface area contributed by atoms with E-state index in [0.29, 0.717) is 17.9 Å². The number of carbonyl (C=O) groups excluding carboxylic acids is 2. The third-order valence-electron chi connectivity index (χ3n) is 4.16. The first-order chi connectivity index (χ1) is 14.5. The summed E-state index contributed by atoms with van der Waals surface area (Å²) in [7, 11) is 0. The van der Waals surface area contributed by atoms with Crippen LogP contribution in [0.15, 0.2) is 78.9 Å². The molecule has 6 nitrogen and oxygen atoms in total. The van der Waals surface area contributed by atoms with E-state index in [9.17, 15) is 14.0 Å². The smallest absolute Gasteiger partial charge is 0.279 e. The summed E-state index contributed by atoms with van der Waals surface area (Å²) in [5.74, 6) is -0.296. The van der Waals surface area contributed by atoms with E-state index in [0.717, 1.165) is 11.3 Å². The number of ether oxygens (including phenoxy) is 2. The SMILES string of the molecule is CC(Oc1ccc(F)cc1)C(=O)NNC(=O)c1ccc(COc2ccccc2)cc1. The summed E-state index contributed by atoms with van der Waals surface area (Å²) < 4.78 is 24.0. The molecule has 0 aliphatic carbocycles. The van der Waals surface area contributed by atoms with Crippen LogP contribution in [0.1, 0.15) is 22.8 Å². The Morgan fingerprint density at radius 2 is 1.53 bits per heavy atom. The molecule has 30 heavy (non-hydrogen) atoms. The van der Waals surface area contributed by atoms with Crippen molar-refractivity contribution < 1.29 is 23.5 Å². The van der Waals surface area contributed by atoms with Gasteiger partial charge in [0.25, 0.3) is 11.8 Å². The zero-order valence-electron chi connectivity index (χ0n) is 16.3. The van der Waals surface area contributed by atoms with Crippen molar-refractivity contribution >= 4 is 11.8 Å². The van der Waals surface area contributed by atoms with Gasteiger partial charge in [0.2, 0.25) is 0 Å². The minimum atomic E-state index is -0.881. The van der Waals surface area contributed by atoms with E-state index in [1.165, 1.54) is 31.2 Å². The van der Waals surface area contributed by atoms with Crippen LogP contribution in [0, 0.1) is 5.82 Å². The zero-order valence-corrected chi connectivity index (χ0v) is 16.3. The predicted octanol–water partition coefficient (Wildman–Crippen LogP) is 3.63. The van der Waals surface area contributed by atoms with E-state index in [1.807, 2.05) is 30.3 Å². The minimum absolute atomic E-state index is 0.346. The minimum Gasteiger partial charge on any atom is -0.489 e. The first-order valence-electron chi connectivity index (χ1n) is 9.30. The maximum absolute atomic E-state index is 12.9. The van der Waals surface area contributed by atoms with Gasteiger partial charge in [-0.1, -0.05) is 30.3 Å². The second kappa shape index (κ2) is 10.1. The number of hydrogen-bond donors (Lipinski definition) is 2. The van der Waals surface area contributed by atoms with Gasteiger partial charge in [-0.15, -0.1) is 0 Å². The summed E-state index contributed by atoms with van der Waals surface area (Å²) in [6, 6.07) is 21.6. The maximum Gasteiger partial charge on any atom is 0.279 e. The van der Waals surface area contributed by atoms with Gasteiger partial charge in [0.05, 0.1) is 0 Å². The molecule has 2 N–H and O–H groups in total. The molecule has 3 aromatic carbocycles. The molecule has 0 bridgehead atoms. The lowest BCUT2D eigenvalue weighted by atomic mass is 10.1. The van der Waals surface area contributed by atoms with Gasteiger partial charge in [-0.3, -0.25) is 20.4 Å². The highest BCUT2D eigenvalue weighted by atomic mass is 19.1. The van der Waals surface area contributed by atoms with Crippen LogP contribution in [0.2, 0.25) is 0 Å². The van der Waals surface area contributed by atoms with Crippen molar-refractivity contribution in [1.29, 1.82) is 0 Å². The first kappa shape index (κ1) is 20.9. The van der Waals surface area contributed by atoms with Gasteiger partial charge >= 0.3 is 0 Å². The number of para-hydroxylation sites is 1. The van der Waals surface area contributed by atoms with Gasteiger partial charge in [-0.25, -0.2) is 4.39 Å². The number of hydrazine groups is 1. The number of rotatable bonds is 7. The molecule has 7 heteroatoms. The molecule has 2 amide bonds. The maximum atomic E-state index is 12.9. The molecule has 0 saturated carbocycles. The van der Waals surface area contributed by atoms with Gasteiger partial charge in [0, 0.05) is 5.56 Å². The number of benzene rings is 3. The highest BCUT2D eigenvalue weighted by Gasteiger charge is 2.16. The highest BCUT2D eigenvalue weighted by Crippen LogP contribution is 2.14. The molecule has 0 spiro atoms. The van der Waals surface area contributed by atoms with Crippen molar-refractivity contribution in [2.24, 2.45) is 0 Å². The number of nitrogens with one attached hydrogen (secondary N) is 2. The van der Waals surface area contributed by atoms with Crippen LogP contribution in [-0.2, 0) is 11.4 Å². The molecule has 0 fully saturated rings. The van der Waals surface area contributed by atoms with E-state index < -0.39 is 23.7 Å². The molecule has 1 atom stereocenters. The predicted molar refractivity (Wildman–Crippen MR) is 109 cm³/mol. The fourth-order valence-corrected chi connectivity index (χ4v) is 2.50. The van der Waals surface area contributed by atoms with Crippen molar-refractivity contribution in [2.75, 3.05) is 0 Å². The Bertz CT molecular complexity index is 976. The summed E-state index contributed by atoms with van der Waals surface area (Å²) in [6.07, 6.45) is -0.881. The second-order valence-corrected chi connectivity index (χ2v) is 6.46.